The summed E-state index contributed by atoms with van der Waals surface area (Å²) >= 11 is 0. The van der Waals surface area contributed by atoms with Crippen LogP contribution in [0.2, 0.25) is 0 Å². The SMILES string of the molecule is CC1=C(C)N(C(C)C)C(=C2CCC3=NCCCN3C(=C3N(C(C)(C)C)C=CN3C(C)(C)C)C2=C2N(C(C)C)C=CN2C(C)C)N1C(C)C. The average Bonchev–Trinajstić information content (AvgIpc) is 3.65. The molecule has 5 aliphatic heterocycles. The Bertz CT molecular complexity index is 1410. The highest BCUT2D eigenvalue weighted by Gasteiger charge is 2.46. The van der Waals surface area contributed by atoms with Gasteiger partial charge in [0.15, 0.2) is 0 Å². The van der Waals surface area contributed by atoms with E-state index in [-0.39, 0.29) is 23.2 Å². The molecule has 0 atom stereocenters. The quantitative estimate of drug-likeness (QED) is 0.299. The molecule has 266 valence electrons. The summed E-state index contributed by atoms with van der Waals surface area (Å²) in [6, 6.07) is 1.20. The first-order valence-corrected chi connectivity index (χ1v) is 18.6. The molecule has 0 saturated carbocycles. The Labute approximate surface area is 293 Å². The van der Waals surface area contributed by atoms with Gasteiger partial charge in [-0.3, -0.25) is 4.99 Å². The summed E-state index contributed by atoms with van der Waals surface area (Å²) in [5.74, 6) is 5.09. The second kappa shape index (κ2) is 12.9. The fourth-order valence-corrected chi connectivity index (χ4v) is 7.99. The standard InChI is InChI=1S/C40H66N8/c1-26(2)42-22-23-43(27(3)4)37(42)34-32(36-47(28(5)6)30(9)31(10)48(36)29(7)8)18-19-33-41-20-17-21-44(33)35(34)38-45(39(11,12)13)24-25-46(38)40(14,15)16/h22-29H,17-21H2,1-16H3. The van der Waals surface area contributed by atoms with Crippen LogP contribution in [0.15, 0.2) is 75.5 Å². The van der Waals surface area contributed by atoms with Crippen molar-refractivity contribution in [2.24, 2.45) is 4.99 Å². The van der Waals surface area contributed by atoms with E-state index in [1.165, 1.54) is 51.5 Å². The third kappa shape index (κ3) is 6.06. The summed E-state index contributed by atoms with van der Waals surface area (Å²) < 4.78 is 0. The van der Waals surface area contributed by atoms with Gasteiger partial charge in [-0.1, -0.05) is 0 Å². The lowest BCUT2D eigenvalue weighted by molar-refractivity contribution is 0.166. The maximum Gasteiger partial charge on any atom is 0.138 e. The molecule has 0 aromatic carbocycles. The predicted molar refractivity (Wildman–Crippen MR) is 202 cm³/mol. The number of aliphatic imine (C=N–C) groups is 1. The highest BCUT2D eigenvalue weighted by Crippen LogP contribution is 2.49. The molecule has 8 nitrogen and oxygen atoms in total. The van der Waals surface area contributed by atoms with Gasteiger partial charge >= 0.3 is 0 Å². The molecule has 0 aromatic heterocycles. The summed E-state index contributed by atoms with van der Waals surface area (Å²) in [5.41, 5.74) is 6.46. The van der Waals surface area contributed by atoms with Crippen molar-refractivity contribution in [2.75, 3.05) is 13.1 Å². The van der Waals surface area contributed by atoms with Crippen molar-refractivity contribution in [3.63, 3.8) is 0 Å². The van der Waals surface area contributed by atoms with E-state index in [9.17, 15) is 0 Å². The first-order valence-electron chi connectivity index (χ1n) is 18.6. The van der Waals surface area contributed by atoms with Crippen molar-refractivity contribution in [1.29, 1.82) is 0 Å². The van der Waals surface area contributed by atoms with Gasteiger partial charge in [0.1, 0.15) is 23.3 Å². The monoisotopic (exact) mass is 659 g/mol. The molecule has 48 heavy (non-hydrogen) atoms. The second-order valence-electron chi connectivity index (χ2n) is 17.3. The van der Waals surface area contributed by atoms with Gasteiger partial charge < -0.3 is 34.3 Å². The first-order chi connectivity index (χ1) is 22.3. The Hall–Kier alpha value is -3.29. The molecular weight excluding hydrogens is 592 g/mol. The zero-order chi connectivity index (χ0) is 35.6. The zero-order valence-electron chi connectivity index (χ0n) is 33.2. The molecule has 5 aliphatic rings. The van der Waals surface area contributed by atoms with E-state index < -0.39 is 0 Å². The van der Waals surface area contributed by atoms with Crippen LogP contribution < -0.4 is 0 Å². The Morgan fingerprint density at radius 1 is 0.604 bits per heavy atom. The zero-order valence-corrected chi connectivity index (χ0v) is 33.2. The molecule has 0 aliphatic carbocycles. The Kier molecular flexibility index (Phi) is 9.65. The van der Waals surface area contributed by atoms with Crippen molar-refractivity contribution in [1.82, 2.24) is 34.3 Å². The molecule has 0 N–H and O–H groups in total. The van der Waals surface area contributed by atoms with E-state index in [4.69, 9.17) is 4.99 Å². The van der Waals surface area contributed by atoms with Crippen molar-refractivity contribution >= 4 is 5.84 Å². The van der Waals surface area contributed by atoms with Crippen LogP contribution >= 0.6 is 0 Å². The van der Waals surface area contributed by atoms with E-state index in [0.717, 1.165) is 32.4 Å². The van der Waals surface area contributed by atoms with Gasteiger partial charge in [-0.25, -0.2) is 0 Å². The van der Waals surface area contributed by atoms with Gasteiger partial charge in [-0.15, -0.1) is 0 Å². The summed E-state index contributed by atoms with van der Waals surface area (Å²) in [5, 5.41) is 0. The molecule has 0 radical (unpaired) electrons. The van der Waals surface area contributed by atoms with Crippen LogP contribution in [0.4, 0.5) is 0 Å². The predicted octanol–water partition coefficient (Wildman–Crippen LogP) is 8.75. The minimum atomic E-state index is -0.138. The molecule has 5 heterocycles. The van der Waals surface area contributed by atoms with Crippen LogP contribution in [0.25, 0.3) is 0 Å². The van der Waals surface area contributed by atoms with Crippen molar-refractivity contribution in [3.8, 4) is 0 Å². The minimum absolute atomic E-state index is 0.138. The van der Waals surface area contributed by atoms with E-state index in [1.807, 2.05) is 0 Å². The van der Waals surface area contributed by atoms with Gasteiger partial charge in [0.25, 0.3) is 0 Å². The molecule has 0 spiro atoms. The van der Waals surface area contributed by atoms with E-state index in [2.05, 4.69) is 170 Å². The fraction of sp³-hybridized carbons (Fsp3) is 0.675. The van der Waals surface area contributed by atoms with Crippen LogP contribution in [0.5, 0.6) is 0 Å². The lowest BCUT2D eigenvalue weighted by atomic mass is 9.94. The third-order valence-electron chi connectivity index (χ3n) is 10.2. The van der Waals surface area contributed by atoms with E-state index >= 15 is 0 Å². The number of nitrogens with zero attached hydrogens (tertiary/aromatic N) is 8. The average molecular weight is 659 g/mol. The Morgan fingerprint density at radius 3 is 1.50 bits per heavy atom. The van der Waals surface area contributed by atoms with Crippen molar-refractivity contribution < 1.29 is 0 Å². The summed E-state index contributed by atoms with van der Waals surface area (Å²) in [7, 11) is 0. The maximum atomic E-state index is 5.30. The largest absolute Gasteiger partial charge is 0.330 e. The Morgan fingerprint density at radius 2 is 1.08 bits per heavy atom. The van der Waals surface area contributed by atoms with Crippen molar-refractivity contribution in [2.45, 2.75) is 165 Å². The minimum Gasteiger partial charge on any atom is -0.330 e. The molecule has 0 unspecified atom stereocenters. The molecule has 1 saturated heterocycles. The van der Waals surface area contributed by atoms with Crippen molar-refractivity contribution in [3.05, 3.63) is 70.5 Å². The van der Waals surface area contributed by atoms with Gasteiger partial charge in [0, 0.05) is 102 Å². The molecule has 1 fully saturated rings. The number of rotatable bonds is 4. The number of hydrogen-bond acceptors (Lipinski definition) is 8. The van der Waals surface area contributed by atoms with Crippen LogP contribution in [-0.2, 0) is 0 Å². The second-order valence-corrected chi connectivity index (χ2v) is 17.3. The number of amidine groups is 1. The molecule has 8 heteroatoms. The highest BCUT2D eigenvalue weighted by atomic mass is 15.4. The summed E-state index contributed by atoms with van der Waals surface area (Å²) in [6.45, 7) is 39.2. The number of fused-ring (bicyclic) bond motifs is 1. The third-order valence-corrected chi connectivity index (χ3v) is 10.2. The molecular formula is C40H66N8. The van der Waals surface area contributed by atoms with Gasteiger partial charge in [0.05, 0.1) is 5.70 Å². The molecule has 0 bridgehead atoms. The summed E-state index contributed by atoms with van der Waals surface area (Å²) in [4.78, 5) is 23.3. The smallest absolute Gasteiger partial charge is 0.138 e. The molecule has 0 aromatic rings. The molecule has 5 rings (SSSR count). The van der Waals surface area contributed by atoms with Crippen LogP contribution in [0.1, 0.15) is 130 Å². The normalized spacial score (nSPS) is 21.4. The van der Waals surface area contributed by atoms with Crippen LogP contribution in [0, 0.1) is 0 Å². The number of hydrogen-bond donors (Lipinski definition) is 0. The van der Waals surface area contributed by atoms with E-state index in [0.29, 0.717) is 12.1 Å². The van der Waals surface area contributed by atoms with Gasteiger partial charge in [-0.2, -0.15) is 0 Å². The maximum absolute atomic E-state index is 5.30. The van der Waals surface area contributed by atoms with Gasteiger partial charge in [-0.05, 0) is 124 Å². The highest BCUT2D eigenvalue weighted by molar-refractivity contribution is 5.88. The number of allylic oxidation sites excluding steroid dienone is 3. The molecule has 0 amide bonds. The first kappa shape index (κ1) is 36.0. The Balaban J connectivity index is 2.06. The topological polar surface area (TPSA) is 35.0 Å². The lowest BCUT2D eigenvalue weighted by Crippen LogP contribution is -2.47. The fourth-order valence-electron chi connectivity index (χ4n) is 7.99. The van der Waals surface area contributed by atoms with E-state index in [1.54, 1.807) is 0 Å². The lowest BCUT2D eigenvalue weighted by Gasteiger charge is -2.45. The van der Waals surface area contributed by atoms with Gasteiger partial charge in [0.2, 0.25) is 0 Å². The summed E-state index contributed by atoms with van der Waals surface area (Å²) in [6.07, 6.45) is 12.1. The van der Waals surface area contributed by atoms with Crippen LogP contribution in [0.3, 0.4) is 0 Å². The van der Waals surface area contributed by atoms with Crippen LogP contribution in [-0.4, -0.2) is 88.5 Å².